The minimum Gasteiger partial charge on any atom is -0.492 e. The molecule has 0 radical (unpaired) electrons. The van der Waals surface area contributed by atoms with Crippen LogP contribution in [0.1, 0.15) is 25.3 Å². The van der Waals surface area contributed by atoms with Crippen molar-refractivity contribution in [3.8, 4) is 5.75 Å². The van der Waals surface area contributed by atoms with Gasteiger partial charge in [-0.3, -0.25) is 9.36 Å². The van der Waals surface area contributed by atoms with E-state index in [1.165, 1.54) is 0 Å². The van der Waals surface area contributed by atoms with E-state index in [1.807, 2.05) is 6.07 Å². The number of hydrogen-bond acceptors (Lipinski definition) is 6. The molecule has 0 spiro atoms. The third kappa shape index (κ3) is 2.81. The summed E-state index contributed by atoms with van der Waals surface area (Å²) < 4.78 is 7.98. The van der Waals surface area contributed by atoms with Gasteiger partial charge in [0.2, 0.25) is 6.54 Å². The highest BCUT2D eigenvalue weighted by atomic mass is 16.5. The molecule has 9 heteroatoms. The normalized spacial score (nSPS) is 20.3. The molecule has 2 unspecified atom stereocenters. The molecule has 28 heavy (non-hydrogen) atoms. The standard InChI is InChI=1S/C19H24N6O3/c1-22-9-14(20)11-7-8-23(10-11)15-6-5-13-16(17(15)28-2)24(12-3-4-12)19(27)25(21)18(13)26/h5-6,11-12,14H,3-4,7-10,20-21H2,2H3. The fourth-order valence-electron chi connectivity index (χ4n) is 4.13. The average Bonchev–Trinajstić information content (AvgIpc) is 3.40. The van der Waals surface area contributed by atoms with Crippen molar-refractivity contribution >= 4 is 16.6 Å². The number of nitrogen functional groups attached to an aromatic ring is 1. The lowest BCUT2D eigenvalue weighted by atomic mass is 10.0. The number of benzene rings is 1. The van der Waals surface area contributed by atoms with Gasteiger partial charge in [0.1, 0.15) is 5.52 Å². The highest BCUT2D eigenvalue weighted by Crippen LogP contribution is 2.42. The molecule has 2 aliphatic rings. The molecule has 2 aromatic rings. The summed E-state index contributed by atoms with van der Waals surface area (Å²) in [5.41, 5.74) is 6.43. The van der Waals surface area contributed by atoms with Crippen molar-refractivity contribution in [1.29, 1.82) is 0 Å². The van der Waals surface area contributed by atoms with Crippen molar-refractivity contribution in [3.05, 3.63) is 44.4 Å². The van der Waals surface area contributed by atoms with E-state index in [2.05, 4.69) is 9.74 Å². The van der Waals surface area contributed by atoms with Gasteiger partial charge in [-0.15, -0.1) is 0 Å². The van der Waals surface area contributed by atoms with Gasteiger partial charge < -0.3 is 26.1 Å². The van der Waals surface area contributed by atoms with Crippen LogP contribution in [0.3, 0.4) is 0 Å². The van der Waals surface area contributed by atoms with Gasteiger partial charge in [-0.25, -0.2) is 11.4 Å². The Kier molecular flexibility index (Phi) is 4.51. The molecule has 1 aliphatic heterocycles. The SMILES string of the molecule is [C-]#[N+]CC(N)C1CCN(c2ccc3c(=O)n(N)c(=O)n(C4CC4)c3c2OC)C1. The van der Waals surface area contributed by atoms with Crippen molar-refractivity contribution in [1.82, 2.24) is 9.24 Å². The van der Waals surface area contributed by atoms with E-state index in [-0.39, 0.29) is 18.0 Å². The molecule has 1 aliphatic carbocycles. The number of fused-ring (bicyclic) bond motifs is 1. The molecular weight excluding hydrogens is 360 g/mol. The number of hydrogen-bond donors (Lipinski definition) is 2. The van der Waals surface area contributed by atoms with E-state index in [9.17, 15) is 9.59 Å². The lowest BCUT2D eigenvalue weighted by Gasteiger charge is -2.24. The summed E-state index contributed by atoms with van der Waals surface area (Å²) in [6.45, 7) is 8.83. The molecule has 4 rings (SSSR count). The molecule has 0 amide bonds. The van der Waals surface area contributed by atoms with Crippen LogP contribution < -0.4 is 32.5 Å². The molecule has 0 bridgehead atoms. The highest BCUT2D eigenvalue weighted by molar-refractivity contribution is 5.90. The second-order valence-electron chi connectivity index (χ2n) is 7.57. The summed E-state index contributed by atoms with van der Waals surface area (Å²) in [5, 5.41) is 0.370. The van der Waals surface area contributed by atoms with Gasteiger partial charge in [0, 0.05) is 25.0 Å². The van der Waals surface area contributed by atoms with Crippen molar-refractivity contribution < 1.29 is 4.74 Å². The van der Waals surface area contributed by atoms with Gasteiger partial charge in [0.25, 0.3) is 5.56 Å². The van der Waals surface area contributed by atoms with Gasteiger partial charge in [0.05, 0.1) is 24.2 Å². The molecule has 1 aromatic heterocycles. The smallest absolute Gasteiger partial charge is 0.350 e. The fourth-order valence-corrected chi connectivity index (χ4v) is 4.13. The Morgan fingerprint density at radius 1 is 1.32 bits per heavy atom. The third-order valence-electron chi connectivity index (χ3n) is 5.80. The number of rotatable bonds is 5. The summed E-state index contributed by atoms with van der Waals surface area (Å²) in [6.07, 6.45) is 2.63. The summed E-state index contributed by atoms with van der Waals surface area (Å²) in [7, 11) is 1.55. The van der Waals surface area contributed by atoms with Crippen molar-refractivity contribution in [3.63, 3.8) is 0 Å². The maximum atomic E-state index is 12.7. The average molecular weight is 384 g/mol. The number of aromatic nitrogens is 2. The predicted octanol–water partition coefficient (Wildman–Crippen LogP) is 0.293. The van der Waals surface area contributed by atoms with E-state index in [4.69, 9.17) is 22.9 Å². The van der Waals surface area contributed by atoms with Crippen LogP contribution in [-0.2, 0) is 0 Å². The van der Waals surface area contributed by atoms with E-state index in [0.717, 1.165) is 31.5 Å². The van der Waals surface area contributed by atoms with Crippen LogP contribution in [0.2, 0.25) is 0 Å². The lowest BCUT2D eigenvalue weighted by Crippen LogP contribution is -2.44. The molecule has 1 saturated heterocycles. The minimum absolute atomic E-state index is 0.0352. The Morgan fingerprint density at radius 3 is 2.71 bits per heavy atom. The highest BCUT2D eigenvalue weighted by Gasteiger charge is 2.33. The first-order chi connectivity index (χ1) is 13.5. The van der Waals surface area contributed by atoms with Gasteiger partial charge in [-0.1, -0.05) is 0 Å². The Balaban J connectivity index is 1.85. The molecule has 9 nitrogen and oxygen atoms in total. The third-order valence-corrected chi connectivity index (χ3v) is 5.80. The lowest BCUT2D eigenvalue weighted by molar-refractivity contribution is 0.415. The van der Waals surface area contributed by atoms with Crippen LogP contribution in [0.5, 0.6) is 5.75 Å². The quantitative estimate of drug-likeness (QED) is 0.566. The van der Waals surface area contributed by atoms with E-state index in [1.54, 1.807) is 17.7 Å². The zero-order valence-corrected chi connectivity index (χ0v) is 15.8. The molecule has 1 saturated carbocycles. The number of methoxy groups -OCH3 is 1. The Hall–Kier alpha value is -2.99. The second kappa shape index (κ2) is 6.87. The summed E-state index contributed by atoms with van der Waals surface area (Å²) >= 11 is 0. The van der Waals surface area contributed by atoms with Crippen molar-refractivity contribution in [2.24, 2.45) is 11.7 Å². The predicted molar refractivity (Wildman–Crippen MR) is 107 cm³/mol. The number of anilines is 1. The van der Waals surface area contributed by atoms with Gasteiger partial charge >= 0.3 is 5.69 Å². The summed E-state index contributed by atoms with van der Waals surface area (Å²) in [4.78, 5) is 30.8. The van der Waals surface area contributed by atoms with Crippen LogP contribution in [0.15, 0.2) is 21.7 Å². The molecule has 148 valence electrons. The molecule has 2 atom stereocenters. The van der Waals surface area contributed by atoms with E-state index < -0.39 is 11.2 Å². The molecule has 1 aromatic carbocycles. The monoisotopic (exact) mass is 384 g/mol. The largest absolute Gasteiger partial charge is 0.492 e. The van der Waals surface area contributed by atoms with Crippen LogP contribution in [0.4, 0.5) is 5.69 Å². The van der Waals surface area contributed by atoms with Crippen molar-refractivity contribution in [2.45, 2.75) is 31.3 Å². The summed E-state index contributed by atoms with van der Waals surface area (Å²) in [6, 6.07) is 3.42. The van der Waals surface area contributed by atoms with Gasteiger partial charge in [-0.05, 0) is 31.4 Å². The molecule has 4 N–H and O–H groups in total. The van der Waals surface area contributed by atoms with Crippen molar-refractivity contribution in [2.75, 3.05) is 37.5 Å². The Morgan fingerprint density at radius 2 is 2.07 bits per heavy atom. The van der Waals surface area contributed by atoms with Gasteiger partial charge in [-0.2, -0.15) is 4.68 Å². The first-order valence-electron chi connectivity index (χ1n) is 9.45. The zero-order valence-electron chi connectivity index (χ0n) is 15.8. The minimum atomic E-state index is -0.528. The van der Waals surface area contributed by atoms with E-state index in [0.29, 0.717) is 34.4 Å². The van der Waals surface area contributed by atoms with E-state index >= 15 is 0 Å². The number of nitrogens with two attached hydrogens (primary N) is 2. The number of nitrogens with zero attached hydrogens (tertiary/aromatic N) is 4. The van der Waals surface area contributed by atoms with Crippen LogP contribution in [0.25, 0.3) is 15.7 Å². The maximum absolute atomic E-state index is 12.7. The topological polar surface area (TPSA) is 113 Å². The number of ether oxygens (including phenoxy) is 1. The van der Waals surface area contributed by atoms with Crippen LogP contribution >= 0.6 is 0 Å². The Labute approximate surface area is 161 Å². The first-order valence-corrected chi connectivity index (χ1v) is 9.45. The zero-order chi connectivity index (χ0) is 20.0. The second-order valence-corrected chi connectivity index (χ2v) is 7.57. The molecular formula is C19H24N6O3. The molecule has 2 fully saturated rings. The first kappa shape index (κ1) is 18.4. The maximum Gasteiger partial charge on any atom is 0.350 e. The Bertz CT molecular complexity index is 1080. The van der Waals surface area contributed by atoms with Crippen LogP contribution in [0, 0.1) is 12.5 Å². The van der Waals surface area contributed by atoms with Crippen LogP contribution in [-0.4, -0.2) is 42.0 Å². The fraction of sp³-hybridized carbons (Fsp3) is 0.526. The van der Waals surface area contributed by atoms with Gasteiger partial charge in [0.15, 0.2) is 5.75 Å². The molecule has 2 heterocycles. The summed E-state index contributed by atoms with van der Waals surface area (Å²) in [5.74, 6) is 6.46.